The van der Waals surface area contributed by atoms with Gasteiger partial charge in [0.25, 0.3) is 5.91 Å². The van der Waals surface area contributed by atoms with Crippen LogP contribution in [0.4, 0.5) is 0 Å². The molecule has 1 amide bonds. The number of aromatic amines is 1. The Hall–Kier alpha value is -3.23. The zero-order valence-corrected chi connectivity index (χ0v) is 20.0. The van der Waals surface area contributed by atoms with Crippen molar-refractivity contribution in [2.24, 2.45) is 0 Å². The van der Waals surface area contributed by atoms with E-state index in [0.717, 1.165) is 11.1 Å². The van der Waals surface area contributed by atoms with Crippen molar-refractivity contribution in [3.63, 3.8) is 0 Å². The van der Waals surface area contributed by atoms with Gasteiger partial charge in [-0.05, 0) is 56.2 Å². The maximum absolute atomic E-state index is 12.9. The molecule has 0 fully saturated rings. The Balaban J connectivity index is 1.60. The van der Waals surface area contributed by atoms with Crippen molar-refractivity contribution in [1.29, 1.82) is 0 Å². The number of hydrogen-bond donors (Lipinski definition) is 2. The van der Waals surface area contributed by atoms with Crippen molar-refractivity contribution in [3.05, 3.63) is 76.6 Å². The number of halogens is 1. The van der Waals surface area contributed by atoms with Crippen molar-refractivity contribution in [2.45, 2.75) is 37.5 Å². The van der Waals surface area contributed by atoms with Gasteiger partial charge in [0, 0.05) is 23.3 Å². The second-order valence-corrected chi connectivity index (χ2v) is 11.0. The fourth-order valence-electron chi connectivity index (χ4n) is 3.39. The van der Waals surface area contributed by atoms with Crippen LogP contribution in [0.3, 0.4) is 0 Å². The lowest BCUT2D eigenvalue weighted by Gasteiger charge is -2.09. The Morgan fingerprint density at radius 2 is 1.88 bits per heavy atom. The monoisotopic (exact) mass is 482 g/mol. The highest BCUT2D eigenvalue weighted by Gasteiger charge is 2.19. The van der Waals surface area contributed by atoms with Crippen LogP contribution in [-0.4, -0.2) is 34.5 Å². The molecule has 2 N–H and O–H groups in total. The summed E-state index contributed by atoms with van der Waals surface area (Å²) < 4.78 is 24.7. The van der Waals surface area contributed by atoms with Gasteiger partial charge in [0.05, 0.1) is 27.6 Å². The smallest absolute Gasteiger partial charge is 0.255 e. The molecule has 0 aliphatic rings. The van der Waals surface area contributed by atoms with E-state index in [9.17, 15) is 13.2 Å². The molecule has 0 radical (unpaired) electrons. The highest BCUT2D eigenvalue weighted by molar-refractivity contribution is 7.92. The van der Waals surface area contributed by atoms with Gasteiger partial charge in [0.1, 0.15) is 5.52 Å². The number of nitrogens with zero attached hydrogens (tertiary/aromatic N) is 2. The largest absolute Gasteiger partial charge is 0.348 e. The van der Waals surface area contributed by atoms with E-state index in [-0.39, 0.29) is 10.8 Å². The van der Waals surface area contributed by atoms with Gasteiger partial charge < -0.3 is 10.3 Å². The number of carbonyl (C=O) groups is 1. The van der Waals surface area contributed by atoms with Crippen molar-refractivity contribution >= 4 is 38.5 Å². The summed E-state index contributed by atoms with van der Waals surface area (Å²) in [6, 6.07) is 12.1. The van der Waals surface area contributed by atoms with E-state index in [0.29, 0.717) is 39.6 Å². The number of H-pyrrole nitrogens is 1. The van der Waals surface area contributed by atoms with Crippen molar-refractivity contribution in [1.82, 2.24) is 20.3 Å². The van der Waals surface area contributed by atoms with Crippen molar-refractivity contribution in [2.75, 3.05) is 0 Å². The number of nitrogens with one attached hydrogen (secondary N) is 2. The molecule has 0 bridgehead atoms. The Morgan fingerprint density at radius 3 is 2.58 bits per heavy atom. The molecule has 2 heterocycles. The van der Waals surface area contributed by atoms with Crippen LogP contribution in [0.25, 0.3) is 22.4 Å². The highest BCUT2D eigenvalue weighted by Crippen LogP contribution is 2.24. The summed E-state index contributed by atoms with van der Waals surface area (Å²) in [5, 5.41) is 3.01. The second kappa shape index (κ2) is 8.96. The molecule has 170 valence electrons. The van der Waals surface area contributed by atoms with E-state index in [1.54, 1.807) is 50.5 Å². The number of sulfone groups is 1. The van der Waals surface area contributed by atoms with Crippen LogP contribution in [-0.2, 0) is 16.4 Å². The third kappa shape index (κ3) is 4.62. The lowest BCUT2D eigenvalue weighted by molar-refractivity contribution is 0.0952. The van der Waals surface area contributed by atoms with Gasteiger partial charge in [-0.2, -0.15) is 0 Å². The zero-order chi connectivity index (χ0) is 23.8. The molecular weight excluding hydrogens is 460 g/mol. The van der Waals surface area contributed by atoms with Crippen LogP contribution in [0.1, 0.15) is 35.3 Å². The van der Waals surface area contributed by atoms with Gasteiger partial charge in [-0.25, -0.2) is 18.4 Å². The molecule has 33 heavy (non-hydrogen) atoms. The maximum atomic E-state index is 12.9. The van der Waals surface area contributed by atoms with Crippen LogP contribution < -0.4 is 5.32 Å². The summed E-state index contributed by atoms with van der Waals surface area (Å²) >= 11 is 6.07. The number of rotatable bonds is 6. The van der Waals surface area contributed by atoms with E-state index < -0.39 is 15.1 Å². The normalized spacial score (nSPS) is 11.8. The molecule has 0 saturated heterocycles. The van der Waals surface area contributed by atoms with Crippen LogP contribution in [0.15, 0.2) is 59.8 Å². The van der Waals surface area contributed by atoms with Gasteiger partial charge >= 0.3 is 0 Å². The first-order valence-electron chi connectivity index (χ1n) is 10.4. The number of aromatic nitrogens is 3. The molecule has 0 spiro atoms. The molecule has 2 aromatic carbocycles. The summed E-state index contributed by atoms with van der Waals surface area (Å²) in [7, 11) is -3.36. The van der Waals surface area contributed by atoms with E-state index in [1.165, 1.54) is 0 Å². The van der Waals surface area contributed by atoms with Crippen LogP contribution in [0.2, 0.25) is 5.02 Å². The predicted octanol–water partition coefficient (Wildman–Crippen LogP) is 4.70. The molecule has 4 rings (SSSR count). The molecule has 0 aliphatic heterocycles. The fourth-order valence-corrected chi connectivity index (χ4v) is 4.65. The number of aryl methyl sites for hydroxylation is 1. The Kier molecular flexibility index (Phi) is 6.23. The summed E-state index contributed by atoms with van der Waals surface area (Å²) in [5.74, 6) is -0.287. The van der Waals surface area contributed by atoms with E-state index in [2.05, 4.69) is 20.3 Å². The Bertz CT molecular complexity index is 1440. The van der Waals surface area contributed by atoms with Crippen LogP contribution in [0, 0.1) is 6.92 Å². The Labute approximate surface area is 197 Å². The predicted molar refractivity (Wildman–Crippen MR) is 129 cm³/mol. The summed E-state index contributed by atoms with van der Waals surface area (Å²) in [4.78, 5) is 25.1. The average Bonchev–Trinajstić information content (AvgIpc) is 3.23. The lowest BCUT2D eigenvalue weighted by atomic mass is 10.1. The number of hydrogen-bond acceptors (Lipinski definition) is 5. The van der Waals surface area contributed by atoms with Crippen molar-refractivity contribution in [3.8, 4) is 11.3 Å². The quantitative estimate of drug-likeness (QED) is 0.414. The third-order valence-corrected chi connectivity index (χ3v) is 7.88. The average molecular weight is 483 g/mol. The molecule has 9 heteroatoms. The second-order valence-electron chi connectivity index (χ2n) is 8.03. The topological polar surface area (TPSA) is 105 Å². The third-order valence-electron chi connectivity index (χ3n) is 5.48. The molecule has 0 saturated carbocycles. The summed E-state index contributed by atoms with van der Waals surface area (Å²) in [6.45, 7) is 5.58. The van der Waals surface area contributed by atoms with Gasteiger partial charge in [-0.1, -0.05) is 29.8 Å². The van der Waals surface area contributed by atoms with E-state index in [4.69, 9.17) is 11.6 Å². The molecular formula is C24H23ClN4O3S. The minimum Gasteiger partial charge on any atom is -0.348 e. The molecule has 7 nitrogen and oxygen atoms in total. The molecule has 0 unspecified atom stereocenters. The van der Waals surface area contributed by atoms with Crippen LogP contribution >= 0.6 is 11.6 Å². The van der Waals surface area contributed by atoms with Crippen molar-refractivity contribution < 1.29 is 13.2 Å². The summed E-state index contributed by atoms with van der Waals surface area (Å²) in [6.07, 6.45) is 3.16. The van der Waals surface area contributed by atoms with E-state index in [1.807, 2.05) is 25.1 Å². The zero-order valence-electron chi connectivity index (χ0n) is 18.4. The molecule has 4 aromatic rings. The minimum absolute atomic E-state index is 0.258. The first-order valence-corrected chi connectivity index (χ1v) is 12.3. The Morgan fingerprint density at radius 1 is 1.15 bits per heavy atom. The van der Waals surface area contributed by atoms with Crippen LogP contribution in [0.5, 0.6) is 0 Å². The molecule has 0 atom stereocenters. The standard InChI is InChI=1S/C24H23ClN4O3S/c1-14(2)33(31,32)19-8-5-16(6-9-19)21-13-27-23-22(29-21)20(12-26-23)24(30)28-11-17-10-18(25)7-4-15(17)3/h4-10,12-14H,11H2,1-3H3,(H,26,27)(H,28,30). The van der Waals surface area contributed by atoms with Gasteiger partial charge in [0.15, 0.2) is 15.5 Å². The SMILES string of the molecule is Cc1ccc(Cl)cc1CNC(=O)c1c[nH]c2ncc(-c3ccc(S(=O)(=O)C(C)C)cc3)nc12. The number of benzene rings is 2. The van der Waals surface area contributed by atoms with Gasteiger partial charge in [-0.15, -0.1) is 0 Å². The summed E-state index contributed by atoms with van der Waals surface area (Å²) in [5.41, 5.74) is 4.50. The minimum atomic E-state index is -3.36. The maximum Gasteiger partial charge on any atom is 0.255 e. The first-order chi connectivity index (χ1) is 15.7. The number of amides is 1. The number of fused-ring (bicyclic) bond motifs is 1. The number of carbonyl (C=O) groups excluding carboxylic acids is 1. The molecule has 0 aliphatic carbocycles. The first kappa shape index (κ1) is 22.9. The fraction of sp³-hybridized carbons (Fsp3) is 0.208. The molecule has 2 aromatic heterocycles. The van der Waals surface area contributed by atoms with Gasteiger partial charge in [0.2, 0.25) is 0 Å². The van der Waals surface area contributed by atoms with Gasteiger partial charge in [-0.3, -0.25) is 4.79 Å². The highest BCUT2D eigenvalue weighted by atomic mass is 35.5. The van der Waals surface area contributed by atoms with E-state index >= 15 is 0 Å². The lowest BCUT2D eigenvalue weighted by Crippen LogP contribution is -2.23.